The number of hydrogen-bond acceptors (Lipinski definition) is 4. The van der Waals surface area contributed by atoms with Gasteiger partial charge in [0, 0.05) is 12.7 Å². The zero-order valence-electron chi connectivity index (χ0n) is 12.3. The second kappa shape index (κ2) is 6.49. The predicted octanol–water partition coefficient (Wildman–Crippen LogP) is 2.33. The van der Waals surface area contributed by atoms with Gasteiger partial charge in [-0.05, 0) is 37.1 Å². The van der Waals surface area contributed by atoms with Crippen molar-refractivity contribution >= 4 is 11.6 Å². The number of likely N-dealkylation sites (N-methyl/N-ethyl adjacent to an activating group) is 1. The summed E-state index contributed by atoms with van der Waals surface area (Å²) >= 11 is 0. The van der Waals surface area contributed by atoms with Crippen LogP contribution in [0.25, 0.3) is 0 Å². The second-order valence-corrected chi connectivity index (χ2v) is 5.51. The summed E-state index contributed by atoms with van der Waals surface area (Å²) in [6, 6.07) is 9.23. The van der Waals surface area contributed by atoms with Gasteiger partial charge in [-0.15, -0.1) is 0 Å². The molecule has 1 aromatic carbocycles. The monoisotopic (exact) mass is 287 g/mol. The largest absolute Gasteiger partial charge is 0.484 e. The molecule has 1 fully saturated rings. The Morgan fingerprint density at radius 1 is 1.33 bits per heavy atom. The molecule has 0 atom stereocenters. The van der Waals surface area contributed by atoms with Crippen LogP contribution in [0.3, 0.4) is 0 Å². The number of anilines is 1. The lowest BCUT2D eigenvalue weighted by Crippen LogP contribution is -2.51. The average Bonchev–Trinajstić information content (AvgIpc) is 2.54. The molecule has 0 aromatic heterocycles. The molecular formula is C16H21N3O2. The molecule has 0 spiro atoms. The van der Waals surface area contributed by atoms with Crippen LogP contribution in [-0.2, 0) is 4.79 Å². The summed E-state index contributed by atoms with van der Waals surface area (Å²) in [6.07, 6.45) is 4.60. The smallest absolute Gasteiger partial charge is 0.261 e. The first-order valence-electron chi connectivity index (χ1n) is 7.24. The van der Waals surface area contributed by atoms with Gasteiger partial charge in [0.2, 0.25) is 0 Å². The molecule has 0 saturated heterocycles. The summed E-state index contributed by atoms with van der Waals surface area (Å²) in [5, 5.41) is 9.48. The van der Waals surface area contributed by atoms with Crippen LogP contribution in [0.2, 0.25) is 0 Å². The number of nitrogens with zero attached hydrogens (tertiary/aromatic N) is 2. The minimum atomic E-state index is -0.667. The fraction of sp³-hybridized carbons (Fsp3) is 0.500. The van der Waals surface area contributed by atoms with E-state index < -0.39 is 5.54 Å². The molecule has 21 heavy (non-hydrogen) atoms. The van der Waals surface area contributed by atoms with Crippen LogP contribution < -0.4 is 10.5 Å². The Bertz CT molecular complexity index is 527. The lowest BCUT2D eigenvalue weighted by molar-refractivity contribution is -0.137. The molecule has 5 heteroatoms. The van der Waals surface area contributed by atoms with Crippen LogP contribution in [0.1, 0.15) is 32.1 Å². The first kappa shape index (κ1) is 15.2. The molecule has 1 saturated carbocycles. The van der Waals surface area contributed by atoms with Gasteiger partial charge in [0.15, 0.2) is 6.61 Å². The van der Waals surface area contributed by atoms with Crippen LogP contribution in [-0.4, -0.2) is 30.0 Å². The zero-order valence-corrected chi connectivity index (χ0v) is 12.3. The Labute approximate surface area is 125 Å². The number of hydrogen-bond donors (Lipinski definition) is 1. The highest BCUT2D eigenvalue weighted by molar-refractivity contribution is 5.78. The summed E-state index contributed by atoms with van der Waals surface area (Å²) in [5.41, 5.74) is 5.58. The van der Waals surface area contributed by atoms with E-state index in [1.54, 1.807) is 36.2 Å². The summed E-state index contributed by atoms with van der Waals surface area (Å²) in [4.78, 5) is 13.8. The number of ether oxygens (including phenoxy) is 1. The number of amides is 1. The zero-order chi connectivity index (χ0) is 15.3. The minimum Gasteiger partial charge on any atom is -0.484 e. The highest BCUT2D eigenvalue weighted by atomic mass is 16.5. The molecular weight excluding hydrogens is 266 g/mol. The topological polar surface area (TPSA) is 79.3 Å². The average molecular weight is 287 g/mol. The Kier molecular flexibility index (Phi) is 4.69. The third-order valence-corrected chi connectivity index (χ3v) is 4.15. The van der Waals surface area contributed by atoms with Crippen molar-refractivity contribution in [1.29, 1.82) is 5.26 Å². The highest BCUT2D eigenvalue weighted by Crippen LogP contribution is 2.32. The third kappa shape index (κ3) is 3.46. The number of nitrogen functional groups attached to an aromatic ring is 1. The molecule has 0 heterocycles. The molecule has 1 aromatic rings. The maximum absolute atomic E-state index is 12.3. The fourth-order valence-corrected chi connectivity index (χ4v) is 2.70. The molecule has 0 radical (unpaired) electrons. The second-order valence-electron chi connectivity index (χ2n) is 5.51. The SMILES string of the molecule is CN(C(=O)COc1ccc(N)cc1)C1(C#N)CCCCC1. The Hall–Kier alpha value is -2.22. The quantitative estimate of drug-likeness (QED) is 0.862. The molecule has 112 valence electrons. The Balaban J connectivity index is 1.95. The number of benzene rings is 1. The molecule has 5 nitrogen and oxygen atoms in total. The number of rotatable bonds is 4. The lowest BCUT2D eigenvalue weighted by Gasteiger charge is -2.38. The molecule has 0 bridgehead atoms. The van der Waals surface area contributed by atoms with E-state index >= 15 is 0 Å². The molecule has 0 aliphatic heterocycles. The van der Waals surface area contributed by atoms with Gasteiger partial charge in [0.1, 0.15) is 11.3 Å². The first-order valence-corrected chi connectivity index (χ1v) is 7.24. The van der Waals surface area contributed by atoms with Crippen LogP contribution in [0.4, 0.5) is 5.69 Å². The van der Waals surface area contributed by atoms with Crippen molar-refractivity contribution in [1.82, 2.24) is 4.90 Å². The number of carbonyl (C=O) groups excluding carboxylic acids is 1. The molecule has 2 N–H and O–H groups in total. The van der Waals surface area contributed by atoms with E-state index in [-0.39, 0.29) is 12.5 Å². The van der Waals surface area contributed by atoms with E-state index in [0.717, 1.165) is 32.1 Å². The number of carbonyl (C=O) groups is 1. The lowest BCUT2D eigenvalue weighted by atomic mass is 9.81. The Morgan fingerprint density at radius 3 is 2.52 bits per heavy atom. The van der Waals surface area contributed by atoms with Crippen LogP contribution >= 0.6 is 0 Å². The van der Waals surface area contributed by atoms with Gasteiger partial charge in [0.05, 0.1) is 6.07 Å². The van der Waals surface area contributed by atoms with Crippen molar-refractivity contribution in [3.05, 3.63) is 24.3 Å². The number of nitrogens with two attached hydrogens (primary N) is 1. The van der Waals surface area contributed by atoms with Crippen LogP contribution in [0.15, 0.2) is 24.3 Å². The van der Waals surface area contributed by atoms with Crippen molar-refractivity contribution in [2.75, 3.05) is 19.4 Å². The normalized spacial score (nSPS) is 16.8. The summed E-state index contributed by atoms with van der Waals surface area (Å²) < 4.78 is 5.47. The standard InChI is InChI=1S/C16H21N3O2/c1-19(16(12-17)9-3-2-4-10-16)15(20)11-21-14-7-5-13(18)6-8-14/h5-8H,2-4,9-11,18H2,1H3. The van der Waals surface area contributed by atoms with E-state index in [4.69, 9.17) is 10.5 Å². The predicted molar refractivity (Wildman–Crippen MR) is 80.5 cm³/mol. The van der Waals surface area contributed by atoms with E-state index in [1.807, 2.05) is 0 Å². The third-order valence-electron chi connectivity index (χ3n) is 4.15. The summed E-state index contributed by atoms with van der Waals surface area (Å²) in [6.45, 7) is -0.0656. The highest BCUT2D eigenvalue weighted by Gasteiger charge is 2.38. The van der Waals surface area contributed by atoms with E-state index in [0.29, 0.717) is 11.4 Å². The summed E-state index contributed by atoms with van der Waals surface area (Å²) in [7, 11) is 1.70. The first-order chi connectivity index (χ1) is 10.1. The van der Waals surface area contributed by atoms with Crippen LogP contribution in [0.5, 0.6) is 5.75 Å². The van der Waals surface area contributed by atoms with Crippen molar-refractivity contribution in [2.24, 2.45) is 0 Å². The fourth-order valence-electron chi connectivity index (χ4n) is 2.70. The van der Waals surface area contributed by atoms with Crippen molar-refractivity contribution in [3.8, 4) is 11.8 Å². The molecule has 1 aliphatic rings. The van der Waals surface area contributed by atoms with Gasteiger partial charge in [0.25, 0.3) is 5.91 Å². The van der Waals surface area contributed by atoms with Gasteiger partial charge in [-0.1, -0.05) is 19.3 Å². The molecule has 0 unspecified atom stereocenters. The van der Waals surface area contributed by atoms with E-state index in [1.165, 1.54) is 0 Å². The van der Waals surface area contributed by atoms with Crippen LogP contribution in [0, 0.1) is 11.3 Å². The maximum Gasteiger partial charge on any atom is 0.261 e. The van der Waals surface area contributed by atoms with Gasteiger partial charge >= 0.3 is 0 Å². The van der Waals surface area contributed by atoms with Crippen molar-refractivity contribution in [2.45, 2.75) is 37.6 Å². The molecule has 2 rings (SSSR count). The summed E-state index contributed by atoms with van der Waals surface area (Å²) in [5.74, 6) is 0.427. The van der Waals surface area contributed by atoms with Gasteiger partial charge in [-0.2, -0.15) is 5.26 Å². The van der Waals surface area contributed by atoms with Gasteiger partial charge < -0.3 is 15.4 Å². The van der Waals surface area contributed by atoms with Gasteiger partial charge in [-0.3, -0.25) is 4.79 Å². The van der Waals surface area contributed by atoms with Crippen molar-refractivity contribution < 1.29 is 9.53 Å². The molecule has 1 aliphatic carbocycles. The van der Waals surface area contributed by atoms with E-state index in [9.17, 15) is 10.1 Å². The van der Waals surface area contributed by atoms with Gasteiger partial charge in [-0.25, -0.2) is 0 Å². The Morgan fingerprint density at radius 2 is 1.95 bits per heavy atom. The number of nitriles is 1. The minimum absolute atomic E-state index is 0.0656. The van der Waals surface area contributed by atoms with Crippen molar-refractivity contribution in [3.63, 3.8) is 0 Å². The maximum atomic E-state index is 12.3. The van der Waals surface area contributed by atoms with E-state index in [2.05, 4.69) is 6.07 Å². The molecule has 1 amide bonds.